The highest BCUT2D eigenvalue weighted by atomic mass is 32.1. The lowest BCUT2D eigenvalue weighted by Crippen LogP contribution is -2.32. The fourth-order valence-corrected chi connectivity index (χ4v) is 3.56. The molecule has 126 valence electrons. The Morgan fingerprint density at radius 1 is 1.42 bits per heavy atom. The number of aliphatic hydroxyl groups excluding tert-OH is 1. The zero-order valence-electron chi connectivity index (χ0n) is 13.4. The van der Waals surface area contributed by atoms with Gasteiger partial charge in [-0.25, -0.2) is 9.07 Å². The van der Waals surface area contributed by atoms with Crippen molar-refractivity contribution >= 4 is 27.5 Å². The maximum Gasteiger partial charge on any atom is 0.261 e. The fourth-order valence-electron chi connectivity index (χ4n) is 2.48. The number of rotatable bonds is 5. The lowest BCUT2D eigenvalue weighted by Gasteiger charge is -2.11. The molecule has 0 saturated carbocycles. The average molecular weight is 347 g/mol. The number of nitrogens with zero attached hydrogens (tertiary/aromatic N) is 2. The van der Waals surface area contributed by atoms with Crippen molar-refractivity contribution in [3.8, 4) is 5.69 Å². The van der Waals surface area contributed by atoms with Crippen LogP contribution < -0.4 is 5.32 Å². The molecule has 0 fully saturated rings. The molecule has 1 aromatic carbocycles. The molecule has 0 saturated heterocycles. The van der Waals surface area contributed by atoms with Gasteiger partial charge in [-0.2, -0.15) is 5.10 Å². The Morgan fingerprint density at radius 3 is 2.79 bits per heavy atom. The molecule has 7 heteroatoms. The molecule has 5 nitrogen and oxygen atoms in total. The standard InChI is InChI=1S/C17H18FN3O2S/c1-10(7-8-22)19-16(23)15-9-14-11(2)20-21(17(14)24-15)13-5-3-12(18)4-6-13/h3-6,9-10,22H,7-8H2,1-2H3,(H,19,23). The van der Waals surface area contributed by atoms with Crippen molar-refractivity contribution in [1.29, 1.82) is 0 Å². The van der Waals surface area contributed by atoms with Crippen LogP contribution in [0.5, 0.6) is 0 Å². The van der Waals surface area contributed by atoms with Crippen LogP contribution in [0, 0.1) is 12.7 Å². The summed E-state index contributed by atoms with van der Waals surface area (Å²) >= 11 is 1.34. The number of carbonyl (C=O) groups is 1. The minimum Gasteiger partial charge on any atom is -0.396 e. The van der Waals surface area contributed by atoms with Crippen LogP contribution in [0.15, 0.2) is 30.3 Å². The van der Waals surface area contributed by atoms with Crippen molar-refractivity contribution in [2.24, 2.45) is 0 Å². The Hall–Kier alpha value is -2.25. The number of carbonyl (C=O) groups excluding carboxylic acids is 1. The zero-order chi connectivity index (χ0) is 17.3. The first kappa shape index (κ1) is 16.6. The number of fused-ring (bicyclic) bond motifs is 1. The lowest BCUT2D eigenvalue weighted by atomic mass is 10.2. The van der Waals surface area contributed by atoms with Crippen LogP contribution >= 0.6 is 11.3 Å². The molecule has 3 aromatic rings. The average Bonchev–Trinajstić information content (AvgIpc) is 3.09. The van der Waals surface area contributed by atoms with Gasteiger partial charge in [-0.05, 0) is 50.6 Å². The molecule has 2 aromatic heterocycles. The third-order valence-corrected chi connectivity index (χ3v) is 4.89. The van der Waals surface area contributed by atoms with Crippen molar-refractivity contribution in [3.05, 3.63) is 46.7 Å². The highest BCUT2D eigenvalue weighted by molar-refractivity contribution is 7.20. The largest absolute Gasteiger partial charge is 0.396 e. The summed E-state index contributed by atoms with van der Waals surface area (Å²) in [6, 6.07) is 7.81. The number of aromatic nitrogens is 2. The number of hydrogen-bond acceptors (Lipinski definition) is 4. The van der Waals surface area contributed by atoms with Gasteiger partial charge in [0.25, 0.3) is 5.91 Å². The predicted molar refractivity (Wildman–Crippen MR) is 92.3 cm³/mol. The number of amides is 1. The van der Waals surface area contributed by atoms with Crippen molar-refractivity contribution in [3.63, 3.8) is 0 Å². The van der Waals surface area contributed by atoms with Gasteiger partial charge in [-0.15, -0.1) is 11.3 Å². The maximum absolute atomic E-state index is 13.1. The molecule has 1 unspecified atom stereocenters. The Kier molecular flexibility index (Phi) is 4.64. The van der Waals surface area contributed by atoms with Crippen molar-refractivity contribution < 1.29 is 14.3 Å². The van der Waals surface area contributed by atoms with Gasteiger partial charge in [0, 0.05) is 18.0 Å². The predicted octanol–water partition coefficient (Wildman–Crippen LogP) is 3.04. The van der Waals surface area contributed by atoms with Crippen LogP contribution in [-0.2, 0) is 0 Å². The van der Waals surface area contributed by atoms with Gasteiger partial charge < -0.3 is 10.4 Å². The number of hydrogen-bond donors (Lipinski definition) is 2. The van der Waals surface area contributed by atoms with Gasteiger partial charge in [0.05, 0.1) is 16.3 Å². The van der Waals surface area contributed by atoms with Crippen molar-refractivity contribution in [2.75, 3.05) is 6.61 Å². The molecule has 2 heterocycles. The number of halogens is 1. The SMILES string of the molecule is Cc1nn(-c2ccc(F)cc2)c2sc(C(=O)NC(C)CCO)cc12. The summed E-state index contributed by atoms with van der Waals surface area (Å²) in [4.78, 5) is 13.8. The quantitative estimate of drug-likeness (QED) is 0.745. The molecule has 1 amide bonds. The summed E-state index contributed by atoms with van der Waals surface area (Å²) < 4.78 is 14.8. The van der Waals surface area contributed by atoms with Crippen LogP contribution in [0.1, 0.15) is 28.7 Å². The van der Waals surface area contributed by atoms with Gasteiger partial charge in [-0.3, -0.25) is 4.79 Å². The van der Waals surface area contributed by atoms with Crippen LogP contribution in [-0.4, -0.2) is 33.4 Å². The zero-order valence-corrected chi connectivity index (χ0v) is 14.2. The topological polar surface area (TPSA) is 67.2 Å². The summed E-state index contributed by atoms with van der Waals surface area (Å²) in [6.45, 7) is 3.77. The molecule has 24 heavy (non-hydrogen) atoms. The van der Waals surface area contributed by atoms with Crippen LogP contribution in [0.4, 0.5) is 4.39 Å². The van der Waals surface area contributed by atoms with E-state index in [0.717, 1.165) is 21.6 Å². The molecule has 0 spiro atoms. The van der Waals surface area contributed by atoms with Gasteiger partial charge >= 0.3 is 0 Å². The van der Waals surface area contributed by atoms with E-state index in [9.17, 15) is 9.18 Å². The van der Waals surface area contributed by atoms with Crippen LogP contribution in [0.25, 0.3) is 15.9 Å². The van der Waals surface area contributed by atoms with E-state index in [2.05, 4.69) is 10.4 Å². The first-order valence-electron chi connectivity index (χ1n) is 7.66. The highest BCUT2D eigenvalue weighted by Crippen LogP contribution is 2.30. The van der Waals surface area contributed by atoms with E-state index in [-0.39, 0.29) is 24.4 Å². The minimum atomic E-state index is -0.303. The minimum absolute atomic E-state index is 0.0342. The first-order chi connectivity index (χ1) is 11.5. The van der Waals surface area contributed by atoms with Crippen LogP contribution in [0.3, 0.4) is 0 Å². The van der Waals surface area contributed by atoms with Crippen molar-refractivity contribution in [2.45, 2.75) is 26.3 Å². The molecular formula is C17H18FN3O2S. The summed E-state index contributed by atoms with van der Waals surface area (Å²) in [6.07, 6.45) is 0.513. The van der Waals surface area contributed by atoms with E-state index >= 15 is 0 Å². The third-order valence-electron chi connectivity index (χ3n) is 3.78. The maximum atomic E-state index is 13.1. The lowest BCUT2D eigenvalue weighted by molar-refractivity contribution is 0.0938. The highest BCUT2D eigenvalue weighted by Gasteiger charge is 2.18. The Morgan fingerprint density at radius 2 is 2.12 bits per heavy atom. The van der Waals surface area contributed by atoms with E-state index in [1.807, 2.05) is 19.9 Å². The summed E-state index contributed by atoms with van der Waals surface area (Å²) in [5, 5.41) is 17.2. The van der Waals surface area contributed by atoms with Gasteiger partial charge in [0.2, 0.25) is 0 Å². The normalized spacial score (nSPS) is 12.5. The van der Waals surface area contributed by atoms with Crippen molar-refractivity contribution in [1.82, 2.24) is 15.1 Å². The molecule has 0 aliphatic heterocycles. The molecule has 3 rings (SSSR count). The van der Waals surface area contributed by atoms with Crippen LogP contribution in [0.2, 0.25) is 0 Å². The molecule has 0 aliphatic rings. The monoisotopic (exact) mass is 347 g/mol. The van der Waals surface area contributed by atoms with E-state index in [1.54, 1.807) is 16.8 Å². The second-order valence-corrected chi connectivity index (χ2v) is 6.72. The van der Waals surface area contributed by atoms with E-state index in [4.69, 9.17) is 5.11 Å². The number of aliphatic hydroxyl groups is 1. The second kappa shape index (κ2) is 6.70. The summed E-state index contributed by atoms with van der Waals surface area (Å²) in [5.74, 6) is -0.467. The molecule has 0 radical (unpaired) electrons. The number of benzene rings is 1. The summed E-state index contributed by atoms with van der Waals surface area (Å²) in [7, 11) is 0. The molecule has 0 aliphatic carbocycles. The smallest absolute Gasteiger partial charge is 0.261 e. The van der Waals surface area contributed by atoms with E-state index in [0.29, 0.717) is 11.3 Å². The van der Waals surface area contributed by atoms with E-state index < -0.39 is 0 Å². The second-order valence-electron chi connectivity index (χ2n) is 5.69. The fraction of sp³-hybridized carbons (Fsp3) is 0.294. The Bertz CT molecular complexity index is 870. The van der Waals surface area contributed by atoms with Gasteiger partial charge in [-0.1, -0.05) is 0 Å². The molecule has 0 bridgehead atoms. The van der Waals surface area contributed by atoms with E-state index in [1.165, 1.54) is 23.5 Å². The molecule has 2 N–H and O–H groups in total. The third kappa shape index (κ3) is 3.18. The Labute approximate surface area is 142 Å². The number of aryl methyl sites for hydroxylation is 1. The Balaban J connectivity index is 1.95. The molecular weight excluding hydrogens is 329 g/mol. The number of thiophene rings is 1. The number of nitrogens with one attached hydrogen (secondary N) is 1. The van der Waals surface area contributed by atoms with Gasteiger partial charge in [0.15, 0.2) is 0 Å². The molecule has 1 atom stereocenters. The summed E-state index contributed by atoms with van der Waals surface area (Å²) in [5.41, 5.74) is 1.56. The van der Waals surface area contributed by atoms with Gasteiger partial charge in [0.1, 0.15) is 10.6 Å². The first-order valence-corrected chi connectivity index (χ1v) is 8.48.